The summed E-state index contributed by atoms with van der Waals surface area (Å²) < 4.78 is 0. The lowest BCUT2D eigenvalue weighted by Crippen LogP contribution is -2.41. The van der Waals surface area contributed by atoms with E-state index in [-0.39, 0.29) is 12.5 Å². The Hall–Kier alpha value is -1.88. The van der Waals surface area contributed by atoms with E-state index in [4.69, 9.17) is 5.11 Å². The number of carboxylic acids is 1. The van der Waals surface area contributed by atoms with Crippen LogP contribution < -0.4 is 0 Å². The third-order valence-corrected chi connectivity index (χ3v) is 3.40. The number of carbonyl (C=O) groups excluding carboxylic acids is 1. The van der Waals surface area contributed by atoms with E-state index in [0.29, 0.717) is 18.7 Å². The van der Waals surface area contributed by atoms with Crippen molar-refractivity contribution < 1.29 is 14.7 Å². The Balaban J connectivity index is 2.91. The van der Waals surface area contributed by atoms with Crippen molar-refractivity contribution in [2.24, 2.45) is 5.92 Å². The van der Waals surface area contributed by atoms with E-state index in [1.165, 1.54) is 0 Å². The molecule has 21 heavy (non-hydrogen) atoms. The van der Waals surface area contributed by atoms with Crippen LogP contribution in [0.3, 0.4) is 0 Å². The molecule has 0 bridgehead atoms. The van der Waals surface area contributed by atoms with Gasteiger partial charge in [-0.05, 0) is 32.6 Å². The number of rotatable bonds is 7. The molecule has 116 valence electrons. The Bertz CT molecular complexity index is 500. The summed E-state index contributed by atoms with van der Waals surface area (Å²) in [7, 11) is 3.86. The van der Waals surface area contributed by atoms with E-state index in [9.17, 15) is 9.59 Å². The highest BCUT2D eigenvalue weighted by molar-refractivity contribution is 5.95. The first-order valence-electron chi connectivity index (χ1n) is 7.05. The molecule has 0 heterocycles. The summed E-state index contributed by atoms with van der Waals surface area (Å²) >= 11 is 0. The zero-order chi connectivity index (χ0) is 16.0. The van der Waals surface area contributed by atoms with Crippen molar-refractivity contribution in [2.75, 3.05) is 33.7 Å². The van der Waals surface area contributed by atoms with Gasteiger partial charge in [-0.3, -0.25) is 9.59 Å². The predicted molar refractivity (Wildman–Crippen MR) is 82.4 cm³/mol. The third kappa shape index (κ3) is 5.19. The minimum absolute atomic E-state index is 0.108. The van der Waals surface area contributed by atoms with Gasteiger partial charge in [-0.15, -0.1) is 0 Å². The summed E-state index contributed by atoms with van der Waals surface area (Å²) in [5.74, 6) is -1.58. The fourth-order valence-corrected chi connectivity index (χ4v) is 1.99. The van der Waals surface area contributed by atoms with E-state index < -0.39 is 11.9 Å². The lowest BCUT2D eigenvalue weighted by atomic mass is 10.1. The molecule has 5 nitrogen and oxygen atoms in total. The topological polar surface area (TPSA) is 60.9 Å². The Labute approximate surface area is 126 Å². The summed E-state index contributed by atoms with van der Waals surface area (Å²) in [6, 6.07) is 7.38. The molecule has 0 saturated carbocycles. The first kappa shape index (κ1) is 17.2. The lowest BCUT2D eigenvalue weighted by Gasteiger charge is -2.26. The van der Waals surface area contributed by atoms with E-state index >= 15 is 0 Å². The molecule has 0 fully saturated rings. The van der Waals surface area contributed by atoms with E-state index in [0.717, 1.165) is 5.56 Å². The Morgan fingerprint density at radius 2 is 1.81 bits per heavy atom. The molecule has 1 aromatic carbocycles. The second-order valence-corrected chi connectivity index (χ2v) is 5.61. The normalized spacial score (nSPS) is 12.2. The van der Waals surface area contributed by atoms with Gasteiger partial charge in [0.05, 0.1) is 5.92 Å². The van der Waals surface area contributed by atoms with Crippen LogP contribution in [0.25, 0.3) is 0 Å². The maximum Gasteiger partial charge on any atom is 0.308 e. The summed E-state index contributed by atoms with van der Waals surface area (Å²) in [5.41, 5.74) is 1.54. The number of amides is 1. The number of carbonyl (C=O) groups is 2. The Kier molecular flexibility index (Phi) is 6.37. The van der Waals surface area contributed by atoms with Crippen LogP contribution in [-0.4, -0.2) is 60.5 Å². The molecule has 1 N–H and O–H groups in total. The monoisotopic (exact) mass is 292 g/mol. The van der Waals surface area contributed by atoms with Crippen molar-refractivity contribution in [3.63, 3.8) is 0 Å². The van der Waals surface area contributed by atoms with Gasteiger partial charge in [-0.1, -0.05) is 25.1 Å². The molecule has 0 aliphatic heterocycles. The number of aryl methyl sites for hydroxylation is 1. The summed E-state index contributed by atoms with van der Waals surface area (Å²) in [5, 5.41) is 9.07. The Morgan fingerprint density at radius 3 is 2.33 bits per heavy atom. The number of hydrogen-bond donors (Lipinski definition) is 1. The highest BCUT2D eigenvalue weighted by atomic mass is 16.4. The van der Waals surface area contributed by atoms with Gasteiger partial charge in [0.25, 0.3) is 5.91 Å². The van der Waals surface area contributed by atoms with Crippen molar-refractivity contribution in [1.82, 2.24) is 9.80 Å². The standard InChI is InChI=1S/C16H24N2O3/c1-12-7-5-6-8-14(12)15(19)18(10-9-17(3)4)11-13(2)16(20)21/h5-8,13H,9-11H2,1-4H3,(H,20,21). The SMILES string of the molecule is Cc1ccccc1C(=O)N(CCN(C)C)CC(C)C(=O)O. The van der Waals surface area contributed by atoms with Crippen LogP contribution in [-0.2, 0) is 4.79 Å². The van der Waals surface area contributed by atoms with Crippen LogP contribution >= 0.6 is 0 Å². The molecule has 1 unspecified atom stereocenters. The average molecular weight is 292 g/mol. The van der Waals surface area contributed by atoms with Crippen molar-refractivity contribution >= 4 is 11.9 Å². The van der Waals surface area contributed by atoms with Crippen LogP contribution in [0.4, 0.5) is 0 Å². The van der Waals surface area contributed by atoms with Crippen LogP contribution in [0.1, 0.15) is 22.8 Å². The maximum absolute atomic E-state index is 12.7. The molecule has 0 aliphatic carbocycles. The first-order valence-corrected chi connectivity index (χ1v) is 7.05. The second-order valence-electron chi connectivity index (χ2n) is 5.61. The van der Waals surface area contributed by atoms with Crippen LogP contribution in [0.2, 0.25) is 0 Å². The largest absolute Gasteiger partial charge is 0.481 e. The zero-order valence-corrected chi connectivity index (χ0v) is 13.2. The molecule has 1 amide bonds. The van der Waals surface area contributed by atoms with Gasteiger partial charge in [-0.25, -0.2) is 0 Å². The molecule has 0 aromatic heterocycles. The predicted octanol–water partition coefficient (Wildman–Crippen LogP) is 1.72. The van der Waals surface area contributed by atoms with Gasteiger partial charge in [0.1, 0.15) is 0 Å². The zero-order valence-electron chi connectivity index (χ0n) is 13.2. The van der Waals surface area contributed by atoms with Crippen molar-refractivity contribution in [3.05, 3.63) is 35.4 Å². The van der Waals surface area contributed by atoms with Gasteiger partial charge in [0.15, 0.2) is 0 Å². The molecule has 0 saturated heterocycles. The van der Waals surface area contributed by atoms with E-state index in [1.54, 1.807) is 17.9 Å². The highest BCUT2D eigenvalue weighted by Gasteiger charge is 2.22. The van der Waals surface area contributed by atoms with Crippen LogP contribution in [0.5, 0.6) is 0 Å². The molecule has 5 heteroatoms. The molecular formula is C16H24N2O3. The van der Waals surface area contributed by atoms with Crippen LogP contribution in [0.15, 0.2) is 24.3 Å². The Morgan fingerprint density at radius 1 is 1.19 bits per heavy atom. The number of carboxylic acid groups (broad SMARTS) is 1. The number of likely N-dealkylation sites (N-methyl/N-ethyl adjacent to an activating group) is 1. The molecule has 1 aromatic rings. The fourth-order valence-electron chi connectivity index (χ4n) is 1.99. The second kappa shape index (κ2) is 7.78. The summed E-state index contributed by atoms with van der Waals surface area (Å²) in [6.45, 7) is 4.94. The fraction of sp³-hybridized carbons (Fsp3) is 0.500. The number of hydrogen-bond acceptors (Lipinski definition) is 3. The highest BCUT2D eigenvalue weighted by Crippen LogP contribution is 2.12. The molecule has 1 atom stereocenters. The van der Waals surface area contributed by atoms with Crippen molar-refractivity contribution in [3.8, 4) is 0 Å². The lowest BCUT2D eigenvalue weighted by molar-refractivity contribution is -0.141. The van der Waals surface area contributed by atoms with E-state index in [1.807, 2.05) is 44.1 Å². The average Bonchev–Trinajstić information content (AvgIpc) is 2.42. The molecule has 0 radical (unpaired) electrons. The third-order valence-electron chi connectivity index (χ3n) is 3.40. The molecule has 0 aliphatic rings. The minimum atomic E-state index is -0.887. The first-order chi connectivity index (χ1) is 9.82. The molecule has 1 rings (SSSR count). The van der Waals surface area contributed by atoms with Crippen molar-refractivity contribution in [1.29, 1.82) is 0 Å². The minimum Gasteiger partial charge on any atom is -0.481 e. The van der Waals surface area contributed by atoms with Gasteiger partial charge in [-0.2, -0.15) is 0 Å². The smallest absolute Gasteiger partial charge is 0.308 e. The quantitative estimate of drug-likeness (QED) is 0.831. The molecular weight excluding hydrogens is 268 g/mol. The number of aliphatic carboxylic acids is 1. The summed E-state index contributed by atoms with van der Waals surface area (Å²) in [6.07, 6.45) is 0. The van der Waals surface area contributed by atoms with Gasteiger partial charge < -0.3 is 14.9 Å². The van der Waals surface area contributed by atoms with E-state index in [2.05, 4.69) is 0 Å². The van der Waals surface area contributed by atoms with Crippen LogP contribution in [0, 0.1) is 12.8 Å². The maximum atomic E-state index is 12.7. The molecule has 0 spiro atoms. The number of nitrogens with zero attached hydrogens (tertiary/aromatic N) is 2. The van der Waals surface area contributed by atoms with Gasteiger partial charge in [0, 0.05) is 25.2 Å². The summed E-state index contributed by atoms with van der Waals surface area (Å²) in [4.78, 5) is 27.3. The number of benzene rings is 1. The van der Waals surface area contributed by atoms with Gasteiger partial charge >= 0.3 is 5.97 Å². The van der Waals surface area contributed by atoms with Crippen molar-refractivity contribution in [2.45, 2.75) is 13.8 Å². The van der Waals surface area contributed by atoms with Gasteiger partial charge in [0.2, 0.25) is 0 Å².